The van der Waals surface area contributed by atoms with Crippen LogP contribution in [0.25, 0.3) is 0 Å². The van der Waals surface area contributed by atoms with Crippen LogP contribution in [-0.4, -0.2) is 55.4 Å². The summed E-state index contributed by atoms with van der Waals surface area (Å²) in [6, 6.07) is 0. The molecule has 0 bridgehead atoms. The van der Waals surface area contributed by atoms with E-state index in [2.05, 4.69) is 14.2 Å². The van der Waals surface area contributed by atoms with Crippen molar-refractivity contribution >= 4 is 17.9 Å². The number of carbonyl (C=O) groups excluding carboxylic acids is 3. The number of carbonyl (C=O) groups is 3. The molecule has 0 N–H and O–H groups in total. The van der Waals surface area contributed by atoms with E-state index >= 15 is 0 Å². The fourth-order valence-electron chi connectivity index (χ4n) is 1.66. The van der Waals surface area contributed by atoms with Crippen LogP contribution in [0.4, 0.5) is 26.3 Å². The molecule has 1 aliphatic rings. The van der Waals surface area contributed by atoms with Crippen LogP contribution >= 0.6 is 0 Å². The molecule has 0 radical (unpaired) electrons. The van der Waals surface area contributed by atoms with Crippen LogP contribution in [0.3, 0.4) is 0 Å². The second-order valence-corrected chi connectivity index (χ2v) is 4.49. The van der Waals surface area contributed by atoms with Gasteiger partial charge >= 0.3 is 30.3 Å². The lowest BCUT2D eigenvalue weighted by Crippen LogP contribution is -2.37. The van der Waals surface area contributed by atoms with E-state index in [0.29, 0.717) is 0 Å². The van der Waals surface area contributed by atoms with Gasteiger partial charge in [-0.05, 0) is 0 Å². The Morgan fingerprint density at radius 3 is 2.00 bits per heavy atom. The van der Waals surface area contributed by atoms with Crippen LogP contribution in [0.2, 0.25) is 0 Å². The van der Waals surface area contributed by atoms with Crippen molar-refractivity contribution in [3.8, 4) is 0 Å². The van der Waals surface area contributed by atoms with Crippen LogP contribution in [0.5, 0.6) is 0 Å². The van der Waals surface area contributed by atoms with E-state index in [0.717, 1.165) is 6.92 Å². The third-order valence-electron chi connectivity index (χ3n) is 2.56. The molecule has 0 aromatic carbocycles. The number of ether oxygens (including phenoxy) is 4. The summed E-state index contributed by atoms with van der Waals surface area (Å²) in [5.74, 6) is -6.12. The van der Waals surface area contributed by atoms with Crippen molar-refractivity contribution in [2.24, 2.45) is 0 Å². The highest BCUT2D eigenvalue weighted by Gasteiger charge is 2.48. The highest BCUT2D eigenvalue weighted by atomic mass is 19.4. The summed E-state index contributed by atoms with van der Waals surface area (Å²) in [7, 11) is 0. The van der Waals surface area contributed by atoms with Gasteiger partial charge in [0.1, 0.15) is 18.8 Å². The summed E-state index contributed by atoms with van der Waals surface area (Å²) in [5.41, 5.74) is 0. The van der Waals surface area contributed by atoms with Crippen molar-refractivity contribution in [1.29, 1.82) is 0 Å². The van der Waals surface area contributed by atoms with Crippen molar-refractivity contribution in [2.45, 2.75) is 44.2 Å². The van der Waals surface area contributed by atoms with Crippen molar-refractivity contribution in [1.82, 2.24) is 0 Å². The predicted molar refractivity (Wildman–Crippen MR) is 58.0 cm³/mol. The average Bonchev–Trinajstić information content (AvgIpc) is 2.74. The monoisotopic (exact) mass is 368 g/mol. The van der Waals surface area contributed by atoms with Gasteiger partial charge in [-0.2, -0.15) is 26.3 Å². The fourth-order valence-corrected chi connectivity index (χ4v) is 1.66. The first-order valence-corrected chi connectivity index (χ1v) is 6.15. The highest BCUT2D eigenvalue weighted by molar-refractivity contribution is 5.76. The molecule has 1 unspecified atom stereocenters. The zero-order valence-electron chi connectivity index (χ0n) is 11.8. The van der Waals surface area contributed by atoms with Gasteiger partial charge in [-0.1, -0.05) is 0 Å². The van der Waals surface area contributed by atoms with Crippen LogP contribution < -0.4 is 0 Å². The number of hydrogen-bond donors (Lipinski definition) is 0. The molecule has 0 amide bonds. The second kappa shape index (κ2) is 7.23. The van der Waals surface area contributed by atoms with Gasteiger partial charge in [-0.3, -0.25) is 4.79 Å². The zero-order valence-corrected chi connectivity index (χ0v) is 11.8. The average molecular weight is 368 g/mol. The highest BCUT2D eigenvalue weighted by Crippen LogP contribution is 2.28. The third-order valence-corrected chi connectivity index (χ3v) is 2.56. The number of halogens is 6. The lowest BCUT2D eigenvalue weighted by molar-refractivity contribution is -0.213. The molecule has 0 aromatic rings. The van der Waals surface area contributed by atoms with Crippen molar-refractivity contribution in [3.05, 3.63) is 0 Å². The zero-order chi connectivity index (χ0) is 18.7. The Balaban J connectivity index is 2.74. The molecule has 0 aromatic heterocycles. The topological polar surface area (TPSA) is 88.1 Å². The Hall–Kier alpha value is -2.05. The van der Waals surface area contributed by atoms with Crippen molar-refractivity contribution in [2.75, 3.05) is 6.61 Å². The minimum atomic E-state index is -5.35. The van der Waals surface area contributed by atoms with Gasteiger partial charge < -0.3 is 18.9 Å². The normalized spacial score (nSPS) is 24.4. The molecular weight excluding hydrogens is 358 g/mol. The second-order valence-electron chi connectivity index (χ2n) is 4.49. The minimum absolute atomic E-state index is 0.574. The predicted octanol–water partition coefficient (Wildman–Crippen LogP) is 1.24. The molecule has 3 atom stereocenters. The summed E-state index contributed by atoms with van der Waals surface area (Å²) in [4.78, 5) is 32.2. The quantitative estimate of drug-likeness (QED) is 0.419. The summed E-state index contributed by atoms with van der Waals surface area (Å²) in [6.07, 6.45) is -16.1. The Labute approximate surface area is 129 Å². The summed E-state index contributed by atoms with van der Waals surface area (Å²) in [6.45, 7) is -0.219. The van der Waals surface area contributed by atoms with Crippen LogP contribution in [-0.2, 0) is 33.3 Å². The van der Waals surface area contributed by atoms with E-state index < -0.39 is 61.8 Å². The van der Waals surface area contributed by atoms with E-state index in [1.807, 2.05) is 0 Å². The smallest absolute Gasteiger partial charge is 0.456 e. The SMILES string of the molecule is CC(=O)OC1C[C@H](OC(=O)C(F)(F)F)[C@@H](COC(=O)C(F)(F)F)O1. The first-order valence-electron chi connectivity index (χ1n) is 6.15. The molecule has 1 fully saturated rings. The molecule has 1 heterocycles. The van der Waals surface area contributed by atoms with Gasteiger partial charge in [0, 0.05) is 6.92 Å². The van der Waals surface area contributed by atoms with Gasteiger partial charge in [0.15, 0.2) is 0 Å². The lowest BCUT2D eigenvalue weighted by atomic mass is 10.2. The molecule has 13 heteroatoms. The molecule has 0 spiro atoms. The molecular formula is C11H10F6O7. The van der Waals surface area contributed by atoms with Crippen molar-refractivity contribution in [3.63, 3.8) is 0 Å². The molecule has 24 heavy (non-hydrogen) atoms. The number of rotatable bonds is 4. The minimum Gasteiger partial charge on any atom is -0.456 e. The maximum absolute atomic E-state index is 12.2. The number of alkyl halides is 6. The van der Waals surface area contributed by atoms with Gasteiger partial charge in [0.25, 0.3) is 0 Å². The number of esters is 3. The molecule has 7 nitrogen and oxygen atoms in total. The lowest BCUT2D eigenvalue weighted by Gasteiger charge is -2.19. The van der Waals surface area contributed by atoms with Crippen LogP contribution in [0, 0.1) is 0 Å². The molecule has 0 aliphatic carbocycles. The van der Waals surface area contributed by atoms with Crippen LogP contribution in [0.15, 0.2) is 0 Å². The molecule has 1 aliphatic heterocycles. The maximum Gasteiger partial charge on any atom is 0.490 e. The maximum atomic E-state index is 12.2. The largest absolute Gasteiger partial charge is 0.490 e. The van der Waals surface area contributed by atoms with Gasteiger partial charge in [-0.15, -0.1) is 0 Å². The van der Waals surface area contributed by atoms with Gasteiger partial charge in [0.05, 0.1) is 6.42 Å². The van der Waals surface area contributed by atoms with Crippen molar-refractivity contribution < 1.29 is 59.7 Å². The Kier molecular flexibility index (Phi) is 6.03. The van der Waals surface area contributed by atoms with E-state index in [1.54, 1.807) is 0 Å². The van der Waals surface area contributed by atoms with Crippen LogP contribution in [0.1, 0.15) is 13.3 Å². The Morgan fingerprint density at radius 2 is 1.54 bits per heavy atom. The molecule has 138 valence electrons. The van der Waals surface area contributed by atoms with Gasteiger partial charge in [-0.25, -0.2) is 9.59 Å². The Bertz CT molecular complexity index is 500. The summed E-state index contributed by atoms with van der Waals surface area (Å²) >= 11 is 0. The Morgan fingerprint density at radius 1 is 1.00 bits per heavy atom. The first-order chi connectivity index (χ1) is 10.8. The fraction of sp³-hybridized carbons (Fsp3) is 0.727. The molecule has 1 saturated heterocycles. The standard InChI is InChI=1S/C11H10F6O7/c1-4(18)22-7-2-5(24-9(20)11(15,16)17)6(23-7)3-21-8(19)10(12,13)14/h5-7H,2-3H2,1H3/t5-,6+,7?/m0/s1. The van der Waals surface area contributed by atoms with E-state index in [1.165, 1.54) is 0 Å². The van der Waals surface area contributed by atoms with E-state index in [4.69, 9.17) is 4.74 Å². The first kappa shape index (κ1) is 20.0. The van der Waals surface area contributed by atoms with E-state index in [-0.39, 0.29) is 0 Å². The van der Waals surface area contributed by atoms with Gasteiger partial charge in [0.2, 0.25) is 6.29 Å². The molecule has 0 saturated carbocycles. The number of hydrogen-bond acceptors (Lipinski definition) is 7. The summed E-state index contributed by atoms with van der Waals surface area (Å²) < 4.78 is 89.8. The molecule has 1 rings (SSSR count). The van der Waals surface area contributed by atoms with E-state index in [9.17, 15) is 40.7 Å². The summed E-state index contributed by atoms with van der Waals surface area (Å²) in [5, 5.41) is 0. The third kappa shape index (κ3) is 5.86.